The van der Waals surface area contributed by atoms with Crippen LogP contribution < -0.4 is 20.4 Å². The predicted molar refractivity (Wildman–Crippen MR) is 119 cm³/mol. The molecule has 3 aromatic carbocycles. The topological polar surface area (TPSA) is 38.3 Å². The smallest absolute Gasteiger partial charge is 0.176 e. The lowest BCUT2D eigenvalue weighted by atomic mass is 10.0. The number of hydrogen-bond acceptors (Lipinski definition) is 3. The zero-order chi connectivity index (χ0) is 19.7. The van der Waals surface area contributed by atoms with Gasteiger partial charge in [0.05, 0.1) is 17.3 Å². The number of ketones is 1. The van der Waals surface area contributed by atoms with Gasteiger partial charge in [0.2, 0.25) is 0 Å². The molecule has 0 aromatic heterocycles. The van der Waals surface area contributed by atoms with Crippen LogP contribution in [0.25, 0.3) is 0 Å². The van der Waals surface area contributed by atoms with Crippen LogP contribution in [0.2, 0.25) is 5.02 Å². The molecule has 0 saturated carbocycles. The Morgan fingerprint density at radius 1 is 0.964 bits per heavy atom. The summed E-state index contributed by atoms with van der Waals surface area (Å²) in [4.78, 5) is 12.4. The van der Waals surface area contributed by atoms with Gasteiger partial charge in [-0.1, -0.05) is 96.2 Å². The van der Waals surface area contributed by atoms with Gasteiger partial charge in [-0.25, -0.2) is 0 Å². The molecule has 1 heterocycles. The number of halogens is 1. The Bertz CT molecular complexity index is 1020. The van der Waals surface area contributed by atoms with Crippen LogP contribution in [0.4, 0.5) is 0 Å². The van der Waals surface area contributed by atoms with Crippen molar-refractivity contribution in [1.82, 2.24) is 5.09 Å². The fourth-order valence-electron chi connectivity index (χ4n) is 3.48. The fourth-order valence-corrected chi connectivity index (χ4v) is 7.22. The summed E-state index contributed by atoms with van der Waals surface area (Å²) in [5, 5.41) is 6.23. The van der Waals surface area contributed by atoms with Gasteiger partial charge in [0.15, 0.2) is 11.9 Å². The first kappa shape index (κ1) is 19.4. The van der Waals surface area contributed by atoms with Crippen LogP contribution in [-0.2, 0) is 16.6 Å². The van der Waals surface area contributed by atoms with E-state index < -0.39 is 12.3 Å². The first-order chi connectivity index (χ1) is 13.5. The predicted octanol–water partition coefficient (Wildman–Crippen LogP) is 4.37. The Labute approximate surface area is 174 Å². The van der Waals surface area contributed by atoms with Crippen molar-refractivity contribution in [2.45, 2.75) is 19.1 Å². The maximum absolute atomic E-state index is 12.4. The van der Waals surface area contributed by atoms with Crippen LogP contribution in [-0.4, -0.2) is 11.9 Å². The molecule has 1 N–H and O–H groups in total. The normalized spacial score (nSPS) is 18.4. The minimum absolute atomic E-state index is 0.0626. The number of Topliss-reactive ketones (excluding diaryl/α,β-unsaturated/α-hetero) is 1. The van der Waals surface area contributed by atoms with E-state index in [0.717, 1.165) is 16.2 Å². The highest BCUT2D eigenvalue weighted by atomic mass is 35.5. The molecule has 0 aliphatic carbocycles. The molecule has 1 aliphatic heterocycles. The maximum Gasteiger partial charge on any atom is 0.176 e. The van der Waals surface area contributed by atoms with Crippen LogP contribution in [0.5, 0.6) is 5.75 Å². The zero-order valence-corrected chi connectivity index (χ0v) is 17.7. The van der Waals surface area contributed by atoms with Gasteiger partial charge in [0.25, 0.3) is 0 Å². The lowest BCUT2D eigenvalue weighted by Gasteiger charge is -2.30. The lowest BCUT2D eigenvalue weighted by Crippen LogP contribution is -2.38. The second kappa shape index (κ2) is 7.81. The van der Waals surface area contributed by atoms with E-state index in [4.69, 9.17) is 28.1 Å². The van der Waals surface area contributed by atoms with E-state index in [-0.39, 0.29) is 11.8 Å². The van der Waals surface area contributed by atoms with Gasteiger partial charge in [-0.2, -0.15) is 0 Å². The molecule has 0 unspecified atom stereocenters. The summed E-state index contributed by atoms with van der Waals surface area (Å²) < 4.78 is 5.96. The molecule has 3 aromatic rings. The van der Waals surface area contributed by atoms with Gasteiger partial charge in [-0.05, 0) is 13.0 Å². The van der Waals surface area contributed by atoms with Gasteiger partial charge in [-0.15, -0.1) is 0 Å². The second-order valence-electron chi connectivity index (χ2n) is 6.69. The number of fused-ring (bicyclic) bond motifs is 1. The monoisotopic (exact) mass is 427 g/mol. The molecule has 0 amide bonds. The summed E-state index contributed by atoms with van der Waals surface area (Å²) in [6, 6.07) is 25.3. The molecule has 0 spiro atoms. The van der Waals surface area contributed by atoms with E-state index in [1.54, 1.807) is 6.07 Å². The molecule has 0 fully saturated rings. The van der Waals surface area contributed by atoms with Crippen molar-refractivity contribution in [2.24, 2.45) is 0 Å². The van der Waals surface area contributed by atoms with E-state index in [1.807, 2.05) is 72.8 Å². The average molecular weight is 428 g/mol. The van der Waals surface area contributed by atoms with Gasteiger partial charge < -0.3 is 4.74 Å². The molecular formula is C22H19ClNO2PS. The highest BCUT2D eigenvalue weighted by molar-refractivity contribution is 8.20. The van der Waals surface area contributed by atoms with E-state index in [2.05, 4.69) is 5.09 Å². The van der Waals surface area contributed by atoms with Crippen molar-refractivity contribution in [2.75, 3.05) is 0 Å². The maximum atomic E-state index is 12.4. The van der Waals surface area contributed by atoms with Crippen LogP contribution in [0.15, 0.2) is 78.9 Å². The van der Waals surface area contributed by atoms with Crippen LogP contribution in [0, 0.1) is 0 Å². The van der Waals surface area contributed by atoms with Crippen molar-refractivity contribution in [3.05, 3.63) is 89.4 Å². The minimum atomic E-state index is -2.41. The fraction of sp³-hybridized carbons (Fsp3) is 0.136. The van der Waals surface area contributed by atoms with Crippen LogP contribution in [0.1, 0.15) is 18.5 Å². The quantitative estimate of drug-likeness (QED) is 0.614. The Morgan fingerprint density at radius 3 is 2.07 bits per heavy atom. The second-order valence-corrected chi connectivity index (χ2v) is 11.3. The third-order valence-corrected chi connectivity index (χ3v) is 9.41. The molecule has 4 rings (SSSR count). The molecule has 6 heteroatoms. The number of rotatable bonds is 5. The SMILES string of the molecule is CC(=O)[C@@H]1Oc2c(Cl)cccc2[C@H]1NP(=S)(c1ccccc1)c1ccccc1. The summed E-state index contributed by atoms with van der Waals surface area (Å²) >= 11 is 12.6. The van der Waals surface area contributed by atoms with Gasteiger partial charge in [0.1, 0.15) is 5.75 Å². The molecule has 1 aliphatic rings. The number of hydrogen-bond donors (Lipinski definition) is 1. The van der Waals surface area contributed by atoms with Crippen molar-refractivity contribution >= 4 is 46.0 Å². The Kier molecular flexibility index (Phi) is 5.39. The molecule has 0 bridgehead atoms. The number of carbonyl (C=O) groups excluding carboxylic acids is 1. The highest BCUT2D eigenvalue weighted by Gasteiger charge is 2.41. The summed E-state index contributed by atoms with van der Waals surface area (Å²) in [7, 11) is 0. The third-order valence-electron chi connectivity index (χ3n) is 4.84. The lowest BCUT2D eigenvalue weighted by molar-refractivity contribution is -0.123. The average Bonchev–Trinajstić information content (AvgIpc) is 3.09. The third kappa shape index (κ3) is 3.42. The van der Waals surface area contributed by atoms with Crippen molar-refractivity contribution in [1.29, 1.82) is 0 Å². The number of para-hydroxylation sites is 1. The van der Waals surface area contributed by atoms with Crippen molar-refractivity contribution in [3.63, 3.8) is 0 Å². The number of carbonyl (C=O) groups is 1. The summed E-state index contributed by atoms with van der Waals surface area (Å²) in [6.45, 7) is 1.54. The summed E-state index contributed by atoms with van der Waals surface area (Å²) in [5.74, 6) is 0.497. The van der Waals surface area contributed by atoms with Crippen LogP contribution in [0.3, 0.4) is 0 Å². The van der Waals surface area contributed by atoms with Crippen LogP contribution >= 0.6 is 17.8 Å². The standard InChI is InChI=1S/C22H19ClNO2PS/c1-15(25)21-20(18-13-8-14-19(23)22(18)26-21)24-27(28,16-9-4-2-5-10-16)17-11-6-3-7-12-17/h2-14,20-21H,1H3,(H,24,28)/t20-,21+/m1/s1. The van der Waals surface area contributed by atoms with E-state index in [9.17, 15) is 4.79 Å². The largest absolute Gasteiger partial charge is 0.479 e. The van der Waals surface area contributed by atoms with Gasteiger partial charge in [0, 0.05) is 16.2 Å². The zero-order valence-electron chi connectivity index (χ0n) is 15.2. The van der Waals surface area contributed by atoms with Crippen molar-refractivity contribution < 1.29 is 9.53 Å². The van der Waals surface area contributed by atoms with E-state index >= 15 is 0 Å². The molecule has 3 nitrogen and oxygen atoms in total. The van der Waals surface area contributed by atoms with Gasteiger partial charge >= 0.3 is 0 Å². The molecule has 142 valence electrons. The van der Waals surface area contributed by atoms with Gasteiger partial charge in [-0.3, -0.25) is 9.88 Å². The molecule has 0 saturated heterocycles. The summed E-state index contributed by atoms with van der Waals surface area (Å²) in [6.07, 6.45) is -3.08. The molecule has 28 heavy (non-hydrogen) atoms. The Balaban J connectivity index is 1.84. The molecule has 2 atom stereocenters. The number of benzene rings is 3. The Hall–Kier alpha value is -1.97. The van der Waals surface area contributed by atoms with Crippen molar-refractivity contribution in [3.8, 4) is 5.75 Å². The minimum Gasteiger partial charge on any atom is -0.479 e. The number of ether oxygens (including phenoxy) is 1. The molecule has 0 radical (unpaired) electrons. The van der Waals surface area contributed by atoms with E-state index in [1.165, 1.54) is 6.92 Å². The molecular weight excluding hydrogens is 409 g/mol. The number of nitrogens with one attached hydrogen (secondary N) is 1. The first-order valence-electron chi connectivity index (χ1n) is 8.95. The Morgan fingerprint density at radius 2 is 1.54 bits per heavy atom. The summed E-state index contributed by atoms with van der Waals surface area (Å²) in [5.41, 5.74) is 0.869. The highest BCUT2D eigenvalue weighted by Crippen LogP contribution is 2.48. The van der Waals surface area contributed by atoms with E-state index in [0.29, 0.717) is 10.8 Å². The first-order valence-corrected chi connectivity index (χ1v) is 12.1.